The van der Waals surface area contributed by atoms with Gasteiger partial charge in [0.2, 0.25) is 11.8 Å². The lowest BCUT2D eigenvalue weighted by Crippen LogP contribution is -2.46. The largest absolute Gasteiger partial charge is 0.368 e. The molecule has 2 aromatic carbocycles. The molecule has 2 amide bonds. The second-order valence-electron chi connectivity index (χ2n) is 4.98. The zero-order valence-electron chi connectivity index (χ0n) is 12.0. The number of primary amides is 1. The van der Waals surface area contributed by atoms with E-state index in [-0.39, 0.29) is 18.7 Å². The van der Waals surface area contributed by atoms with Gasteiger partial charge in [0, 0.05) is 6.42 Å². The van der Waals surface area contributed by atoms with Gasteiger partial charge in [0.1, 0.15) is 11.9 Å². The molecule has 0 saturated carbocycles. The fourth-order valence-electron chi connectivity index (χ4n) is 2.13. The second-order valence-corrected chi connectivity index (χ2v) is 4.98. The number of hydrogen-bond acceptors (Lipinski definition) is 2. The Morgan fingerprint density at radius 1 is 1.05 bits per heavy atom. The number of amides is 2. The summed E-state index contributed by atoms with van der Waals surface area (Å²) in [6, 6.07) is 14.3. The number of carbonyl (C=O) groups excluding carboxylic acids is 2. The third-order valence-electron chi connectivity index (χ3n) is 3.27. The van der Waals surface area contributed by atoms with E-state index in [0.29, 0.717) is 5.56 Å². The Kier molecular flexibility index (Phi) is 5.25. The molecule has 0 unspecified atom stereocenters. The van der Waals surface area contributed by atoms with Gasteiger partial charge in [-0.15, -0.1) is 0 Å². The highest BCUT2D eigenvalue weighted by Crippen LogP contribution is 2.09. The minimum absolute atomic E-state index is 0.0303. The number of halogens is 1. The molecule has 0 aromatic heterocycles. The third-order valence-corrected chi connectivity index (χ3v) is 3.27. The Labute approximate surface area is 128 Å². The van der Waals surface area contributed by atoms with Crippen molar-refractivity contribution in [1.29, 1.82) is 0 Å². The van der Waals surface area contributed by atoms with E-state index in [1.54, 1.807) is 18.2 Å². The Morgan fingerprint density at radius 2 is 1.68 bits per heavy atom. The molecular weight excluding hydrogens is 283 g/mol. The van der Waals surface area contributed by atoms with Crippen LogP contribution in [0.5, 0.6) is 0 Å². The van der Waals surface area contributed by atoms with Gasteiger partial charge < -0.3 is 11.1 Å². The van der Waals surface area contributed by atoms with Crippen LogP contribution in [0.3, 0.4) is 0 Å². The Hall–Kier alpha value is -2.69. The molecule has 0 spiro atoms. The number of nitrogens with two attached hydrogens (primary N) is 1. The molecular formula is C17H17FN2O2. The summed E-state index contributed by atoms with van der Waals surface area (Å²) in [5.74, 6) is -1.44. The van der Waals surface area contributed by atoms with Gasteiger partial charge in [-0.1, -0.05) is 48.5 Å². The van der Waals surface area contributed by atoms with Crippen molar-refractivity contribution >= 4 is 11.8 Å². The molecule has 22 heavy (non-hydrogen) atoms. The van der Waals surface area contributed by atoms with Gasteiger partial charge in [-0.2, -0.15) is 0 Å². The molecule has 2 aromatic rings. The van der Waals surface area contributed by atoms with Crippen molar-refractivity contribution in [2.24, 2.45) is 5.73 Å². The molecule has 2 rings (SSSR count). The molecule has 0 fully saturated rings. The summed E-state index contributed by atoms with van der Waals surface area (Å²) in [6.07, 6.45) is 0.171. The Bertz CT molecular complexity index is 659. The summed E-state index contributed by atoms with van der Waals surface area (Å²) in [6.45, 7) is 0. The van der Waals surface area contributed by atoms with Crippen LogP contribution in [-0.2, 0) is 22.4 Å². The van der Waals surface area contributed by atoms with Gasteiger partial charge in [0.05, 0.1) is 6.42 Å². The van der Waals surface area contributed by atoms with Gasteiger partial charge in [0.15, 0.2) is 0 Å². The summed E-state index contributed by atoms with van der Waals surface area (Å²) >= 11 is 0. The predicted molar refractivity (Wildman–Crippen MR) is 81.4 cm³/mol. The van der Waals surface area contributed by atoms with Crippen LogP contribution in [0, 0.1) is 5.82 Å². The summed E-state index contributed by atoms with van der Waals surface area (Å²) < 4.78 is 13.6. The second kappa shape index (κ2) is 7.36. The normalized spacial score (nSPS) is 11.7. The average Bonchev–Trinajstić information content (AvgIpc) is 2.49. The molecule has 4 nitrogen and oxygen atoms in total. The Morgan fingerprint density at radius 3 is 2.32 bits per heavy atom. The zero-order chi connectivity index (χ0) is 15.9. The van der Waals surface area contributed by atoms with E-state index >= 15 is 0 Å². The topological polar surface area (TPSA) is 72.2 Å². The van der Waals surface area contributed by atoms with Crippen LogP contribution in [0.4, 0.5) is 4.39 Å². The fourth-order valence-corrected chi connectivity index (χ4v) is 2.13. The maximum absolute atomic E-state index is 13.6. The highest BCUT2D eigenvalue weighted by molar-refractivity contribution is 5.87. The number of hydrogen-bond donors (Lipinski definition) is 2. The number of nitrogens with one attached hydrogen (secondary N) is 1. The number of rotatable bonds is 6. The first kappa shape index (κ1) is 15.7. The summed E-state index contributed by atoms with van der Waals surface area (Å²) in [7, 11) is 0. The van der Waals surface area contributed by atoms with E-state index in [9.17, 15) is 14.0 Å². The smallest absolute Gasteiger partial charge is 0.240 e. The quantitative estimate of drug-likeness (QED) is 0.850. The predicted octanol–water partition coefficient (Wildman–Crippen LogP) is 1.58. The van der Waals surface area contributed by atoms with Crippen molar-refractivity contribution in [2.75, 3.05) is 0 Å². The van der Waals surface area contributed by atoms with Gasteiger partial charge in [0.25, 0.3) is 0 Å². The average molecular weight is 300 g/mol. The number of benzene rings is 2. The van der Waals surface area contributed by atoms with Crippen LogP contribution in [-0.4, -0.2) is 17.9 Å². The molecule has 0 aliphatic heterocycles. The highest BCUT2D eigenvalue weighted by Gasteiger charge is 2.20. The first-order valence-corrected chi connectivity index (χ1v) is 6.92. The van der Waals surface area contributed by atoms with E-state index < -0.39 is 17.8 Å². The molecule has 0 aliphatic carbocycles. The molecule has 0 bridgehead atoms. The van der Waals surface area contributed by atoms with E-state index in [4.69, 9.17) is 5.73 Å². The lowest BCUT2D eigenvalue weighted by Gasteiger charge is -2.16. The van der Waals surface area contributed by atoms with E-state index in [1.165, 1.54) is 6.07 Å². The fraction of sp³-hybridized carbons (Fsp3) is 0.176. The van der Waals surface area contributed by atoms with Crippen LogP contribution in [0.15, 0.2) is 54.6 Å². The Balaban J connectivity index is 2.01. The molecule has 0 heterocycles. The van der Waals surface area contributed by atoms with Crippen molar-refractivity contribution in [3.63, 3.8) is 0 Å². The molecule has 5 heteroatoms. The van der Waals surface area contributed by atoms with E-state index in [2.05, 4.69) is 5.32 Å². The standard InChI is InChI=1S/C17H17FN2O2/c18-14-9-5-4-8-13(14)11-15(17(19)22)20-16(21)10-12-6-2-1-3-7-12/h1-9,15H,10-11H2,(H2,19,22)(H,20,21)/t15-/m1/s1. The number of carbonyl (C=O) groups is 2. The van der Waals surface area contributed by atoms with E-state index in [1.807, 2.05) is 30.3 Å². The molecule has 0 radical (unpaired) electrons. The first-order valence-electron chi connectivity index (χ1n) is 6.92. The molecule has 0 saturated heterocycles. The van der Waals surface area contributed by atoms with Gasteiger partial charge in [-0.3, -0.25) is 9.59 Å². The van der Waals surface area contributed by atoms with Crippen LogP contribution < -0.4 is 11.1 Å². The van der Waals surface area contributed by atoms with Crippen LogP contribution in [0.25, 0.3) is 0 Å². The summed E-state index contributed by atoms with van der Waals surface area (Å²) in [5.41, 5.74) is 6.47. The van der Waals surface area contributed by atoms with Crippen molar-refractivity contribution in [2.45, 2.75) is 18.9 Å². The summed E-state index contributed by atoms with van der Waals surface area (Å²) in [4.78, 5) is 23.5. The monoisotopic (exact) mass is 300 g/mol. The van der Waals surface area contributed by atoms with Gasteiger partial charge in [-0.25, -0.2) is 4.39 Å². The molecule has 3 N–H and O–H groups in total. The van der Waals surface area contributed by atoms with Crippen molar-refractivity contribution < 1.29 is 14.0 Å². The first-order chi connectivity index (χ1) is 10.6. The lowest BCUT2D eigenvalue weighted by molar-refractivity contribution is -0.127. The van der Waals surface area contributed by atoms with Crippen LogP contribution >= 0.6 is 0 Å². The van der Waals surface area contributed by atoms with Gasteiger partial charge >= 0.3 is 0 Å². The summed E-state index contributed by atoms with van der Waals surface area (Å²) in [5, 5.41) is 2.56. The lowest BCUT2D eigenvalue weighted by atomic mass is 10.0. The third kappa shape index (κ3) is 4.41. The highest BCUT2D eigenvalue weighted by atomic mass is 19.1. The van der Waals surface area contributed by atoms with Crippen molar-refractivity contribution in [3.8, 4) is 0 Å². The minimum Gasteiger partial charge on any atom is -0.368 e. The minimum atomic E-state index is -0.937. The van der Waals surface area contributed by atoms with Crippen LogP contribution in [0.1, 0.15) is 11.1 Å². The maximum Gasteiger partial charge on any atom is 0.240 e. The SMILES string of the molecule is NC(=O)[C@@H](Cc1ccccc1F)NC(=O)Cc1ccccc1. The zero-order valence-corrected chi connectivity index (χ0v) is 12.0. The van der Waals surface area contributed by atoms with Crippen molar-refractivity contribution in [3.05, 3.63) is 71.5 Å². The molecule has 1 atom stereocenters. The maximum atomic E-state index is 13.6. The van der Waals surface area contributed by atoms with E-state index in [0.717, 1.165) is 5.56 Å². The van der Waals surface area contributed by atoms with Gasteiger partial charge in [-0.05, 0) is 17.2 Å². The molecule has 0 aliphatic rings. The molecule has 114 valence electrons. The van der Waals surface area contributed by atoms with Crippen LogP contribution in [0.2, 0.25) is 0 Å². The van der Waals surface area contributed by atoms with Crippen molar-refractivity contribution in [1.82, 2.24) is 5.32 Å².